The summed E-state index contributed by atoms with van der Waals surface area (Å²) in [6, 6.07) is 5.33. The number of fused-ring (bicyclic) bond motifs is 1. The maximum absolute atomic E-state index is 11.4. The molecule has 2 aromatic rings. The molecule has 1 aliphatic heterocycles. The van der Waals surface area contributed by atoms with E-state index in [2.05, 4.69) is 23.4 Å². The Morgan fingerprint density at radius 1 is 1.52 bits per heavy atom. The van der Waals surface area contributed by atoms with Gasteiger partial charge in [-0.3, -0.25) is 0 Å². The SMILES string of the molecule is CC(C)c1nc2c(C(=O)O)cccc2n1CC1CCCO1. The van der Waals surface area contributed by atoms with Crippen LogP contribution in [0.3, 0.4) is 0 Å². The van der Waals surface area contributed by atoms with E-state index in [1.165, 1.54) is 0 Å². The number of hydrogen-bond donors (Lipinski definition) is 1. The molecule has 0 amide bonds. The lowest BCUT2D eigenvalue weighted by atomic mass is 10.1. The van der Waals surface area contributed by atoms with Crippen LogP contribution in [0.2, 0.25) is 0 Å². The number of carbonyl (C=O) groups is 1. The van der Waals surface area contributed by atoms with Crippen molar-refractivity contribution in [2.24, 2.45) is 0 Å². The Morgan fingerprint density at radius 2 is 2.33 bits per heavy atom. The molecule has 2 heterocycles. The molecule has 0 radical (unpaired) electrons. The second kappa shape index (κ2) is 5.48. The maximum Gasteiger partial charge on any atom is 0.337 e. The number of carboxylic acid groups (broad SMARTS) is 1. The average Bonchev–Trinajstić information content (AvgIpc) is 3.07. The summed E-state index contributed by atoms with van der Waals surface area (Å²) in [5.41, 5.74) is 1.72. The first kappa shape index (κ1) is 14.1. The van der Waals surface area contributed by atoms with Crippen molar-refractivity contribution >= 4 is 17.0 Å². The number of aromatic carboxylic acids is 1. The zero-order chi connectivity index (χ0) is 15.0. The van der Waals surface area contributed by atoms with Crippen LogP contribution in [0.1, 0.15) is 48.8 Å². The van der Waals surface area contributed by atoms with Crippen LogP contribution >= 0.6 is 0 Å². The van der Waals surface area contributed by atoms with Gasteiger partial charge in [-0.25, -0.2) is 9.78 Å². The van der Waals surface area contributed by atoms with Gasteiger partial charge >= 0.3 is 5.97 Å². The molecule has 0 saturated carbocycles. The van der Waals surface area contributed by atoms with Crippen LogP contribution in [0.4, 0.5) is 0 Å². The van der Waals surface area contributed by atoms with Gasteiger partial charge in [-0.2, -0.15) is 0 Å². The molecule has 1 unspecified atom stereocenters. The van der Waals surface area contributed by atoms with Gasteiger partial charge < -0.3 is 14.4 Å². The van der Waals surface area contributed by atoms with Crippen LogP contribution in [-0.2, 0) is 11.3 Å². The van der Waals surface area contributed by atoms with E-state index >= 15 is 0 Å². The van der Waals surface area contributed by atoms with Crippen LogP contribution in [0.15, 0.2) is 18.2 Å². The molecule has 1 atom stereocenters. The van der Waals surface area contributed by atoms with Crippen molar-refractivity contribution in [3.8, 4) is 0 Å². The number of carboxylic acids is 1. The van der Waals surface area contributed by atoms with Crippen molar-refractivity contribution in [1.29, 1.82) is 0 Å². The van der Waals surface area contributed by atoms with E-state index < -0.39 is 5.97 Å². The second-order valence-corrected chi connectivity index (χ2v) is 5.85. The first-order valence-corrected chi connectivity index (χ1v) is 7.42. The lowest BCUT2D eigenvalue weighted by Crippen LogP contribution is -2.17. The number of rotatable bonds is 4. The summed E-state index contributed by atoms with van der Waals surface area (Å²) in [5.74, 6) is 0.229. The molecule has 1 fully saturated rings. The molecule has 0 spiro atoms. The predicted molar refractivity (Wildman–Crippen MR) is 79.8 cm³/mol. The first-order valence-electron chi connectivity index (χ1n) is 7.42. The Morgan fingerprint density at radius 3 is 2.95 bits per heavy atom. The standard InChI is InChI=1S/C16H20N2O3/c1-10(2)15-17-14-12(16(19)20)6-3-7-13(14)18(15)9-11-5-4-8-21-11/h3,6-7,10-11H,4-5,8-9H2,1-2H3,(H,19,20). The summed E-state index contributed by atoms with van der Waals surface area (Å²) in [4.78, 5) is 16.0. The van der Waals surface area contributed by atoms with E-state index in [0.717, 1.165) is 37.3 Å². The smallest absolute Gasteiger partial charge is 0.337 e. The monoisotopic (exact) mass is 288 g/mol. The lowest BCUT2D eigenvalue weighted by Gasteiger charge is -2.15. The Balaban J connectivity index is 2.13. The number of para-hydroxylation sites is 1. The molecule has 0 aliphatic carbocycles. The lowest BCUT2D eigenvalue weighted by molar-refractivity contribution is 0.0699. The van der Waals surface area contributed by atoms with Gasteiger partial charge in [0, 0.05) is 12.5 Å². The van der Waals surface area contributed by atoms with Crippen LogP contribution in [0.5, 0.6) is 0 Å². The van der Waals surface area contributed by atoms with Gasteiger partial charge in [0.15, 0.2) is 0 Å². The fourth-order valence-electron chi connectivity index (χ4n) is 2.96. The van der Waals surface area contributed by atoms with Gasteiger partial charge in [0.1, 0.15) is 11.3 Å². The number of ether oxygens (including phenoxy) is 1. The van der Waals surface area contributed by atoms with Crippen LogP contribution in [-0.4, -0.2) is 33.3 Å². The van der Waals surface area contributed by atoms with E-state index in [-0.39, 0.29) is 17.6 Å². The van der Waals surface area contributed by atoms with Gasteiger partial charge in [-0.05, 0) is 25.0 Å². The Kier molecular flexibility index (Phi) is 3.68. The number of benzene rings is 1. The van der Waals surface area contributed by atoms with Crippen molar-refractivity contribution in [2.45, 2.75) is 45.3 Å². The molecule has 5 nitrogen and oxygen atoms in total. The highest BCUT2D eigenvalue weighted by Gasteiger charge is 2.22. The van der Waals surface area contributed by atoms with Crippen molar-refractivity contribution in [3.05, 3.63) is 29.6 Å². The molecule has 1 aromatic carbocycles. The molecular formula is C16H20N2O3. The van der Waals surface area contributed by atoms with Crippen molar-refractivity contribution in [1.82, 2.24) is 9.55 Å². The average molecular weight is 288 g/mol. The van der Waals surface area contributed by atoms with Crippen molar-refractivity contribution in [2.75, 3.05) is 6.61 Å². The summed E-state index contributed by atoms with van der Waals surface area (Å²) < 4.78 is 7.85. The molecule has 5 heteroatoms. The molecule has 21 heavy (non-hydrogen) atoms. The van der Waals surface area contributed by atoms with Gasteiger partial charge in [0.2, 0.25) is 0 Å². The van der Waals surface area contributed by atoms with E-state index in [4.69, 9.17) is 4.74 Å². The van der Waals surface area contributed by atoms with Crippen LogP contribution in [0, 0.1) is 0 Å². The molecule has 1 aliphatic rings. The second-order valence-electron chi connectivity index (χ2n) is 5.85. The summed E-state index contributed by atoms with van der Waals surface area (Å²) in [5, 5.41) is 9.33. The minimum absolute atomic E-state index is 0.202. The fourth-order valence-corrected chi connectivity index (χ4v) is 2.96. The minimum Gasteiger partial charge on any atom is -0.478 e. The number of hydrogen-bond acceptors (Lipinski definition) is 3. The van der Waals surface area contributed by atoms with E-state index in [0.29, 0.717) is 5.52 Å². The minimum atomic E-state index is -0.933. The third-order valence-electron chi connectivity index (χ3n) is 3.97. The van der Waals surface area contributed by atoms with E-state index in [1.54, 1.807) is 12.1 Å². The van der Waals surface area contributed by atoms with Crippen molar-refractivity contribution in [3.63, 3.8) is 0 Å². The largest absolute Gasteiger partial charge is 0.478 e. The van der Waals surface area contributed by atoms with Gasteiger partial charge in [0.05, 0.1) is 23.7 Å². The molecule has 112 valence electrons. The number of aromatic nitrogens is 2. The zero-order valence-corrected chi connectivity index (χ0v) is 12.4. The summed E-state index contributed by atoms with van der Waals surface area (Å²) >= 11 is 0. The highest BCUT2D eigenvalue weighted by molar-refractivity contribution is 6.01. The van der Waals surface area contributed by atoms with E-state index in [1.807, 2.05) is 6.07 Å². The first-order chi connectivity index (χ1) is 10.1. The van der Waals surface area contributed by atoms with E-state index in [9.17, 15) is 9.90 Å². The van der Waals surface area contributed by atoms with Gasteiger partial charge in [-0.15, -0.1) is 0 Å². The van der Waals surface area contributed by atoms with Gasteiger partial charge in [0.25, 0.3) is 0 Å². The Bertz CT molecular complexity index is 669. The van der Waals surface area contributed by atoms with Crippen LogP contribution < -0.4 is 0 Å². The van der Waals surface area contributed by atoms with Gasteiger partial charge in [-0.1, -0.05) is 19.9 Å². The molecule has 1 N–H and O–H groups in total. The summed E-state index contributed by atoms with van der Waals surface area (Å²) in [6.07, 6.45) is 2.35. The fraction of sp³-hybridized carbons (Fsp3) is 0.500. The molecule has 3 rings (SSSR count). The summed E-state index contributed by atoms with van der Waals surface area (Å²) in [7, 11) is 0. The normalized spacial score (nSPS) is 18.7. The quantitative estimate of drug-likeness (QED) is 0.939. The third kappa shape index (κ3) is 2.53. The number of imidazole rings is 1. The van der Waals surface area contributed by atoms with Crippen LogP contribution in [0.25, 0.3) is 11.0 Å². The molecule has 0 bridgehead atoms. The molecule has 1 saturated heterocycles. The Labute approximate surface area is 123 Å². The molecule has 1 aromatic heterocycles. The highest BCUT2D eigenvalue weighted by atomic mass is 16.5. The Hall–Kier alpha value is -1.88. The third-order valence-corrected chi connectivity index (χ3v) is 3.97. The molecular weight excluding hydrogens is 268 g/mol. The number of nitrogens with zero attached hydrogens (tertiary/aromatic N) is 2. The zero-order valence-electron chi connectivity index (χ0n) is 12.4. The summed E-state index contributed by atoms with van der Waals surface area (Å²) in [6.45, 7) is 5.71. The maximum atomic E-state index is 11.4. The van der Waals surface area contributed by atoms with Crippen molar-refractivity contribution < 1.29 is 14.6 Å². The predicted octanol–water partition coefficient (Wildman–Crippen LogP) is 3.04. The highest BCUT2D eigenvalue weighted by Crippen LogP contribution is 2.26. The topological polar surface area (TPSA) is 64.3 Å².